The fourth-order valence-electron chi connectivity index (χ4n) is 2.61. The molecule has 0 radical (unpaired) electrons. The van der Waals surface area contributed by atoms with Crippen molar-refractivity contribution in [1.29, 1.82) is 0 Å². The van der Waals surface area contributed by atoms with Crippen LogP contribution in [0.15, 0.2) is 59.9 Å². The van der Waals surface area contributed by atoms with Crippen molar-refractivity contribution in [2.75, 3.05) is 6.61 Å². The van der Waals surface area contributed by atoms with Crippen molar-refractivity contribution >= 4 is 0 Å². The van der Waals surface area contributed by atoms with E-state index in [1.807, 2.05) is 38.1 Å². The minimum absolute atomic E-state index is 0.137. The summed E-state index contributed by atoms with van der Waals surface area (Å²) in [6, 6.07) is 8.03. The van der Waals surface area contributed by atoms with Crippen LogP contribution >= 0.6 is 0 Å². The average Bonchev–Trinajstić information content (AvgIpc) is 2.78. The maximum atomic E-state index is 9.83. The van der Waals surface area contributed by atoms with Crippen molar-refractivity contribution in [2.24, 2.45) is 5.92 Å². The molecule has 0 bridgehead atoms. The monoisotopic (exact) mass is 328 g/mol. The van der Waals surface area contributed by atoms with Gasteiger partial charge < -0.3 is 14.9 Å². The molecule has 24 heavy (non-hydrogen) atoms. The van der Waals surface area contributed by atoms with Crippen LogP contribution in [0, 0.1) is 5.92 Å². The van der Waals surface area contributed by atoms with Gasteiger partial charge in [-0.1, -0.05) is 57.6 Å². The topological polar surface area (TPSA) is 49.7 Å². The number of aliphatic hydroxyl groups is 2. The predicted octanol–water partition coefficient (Wildman–Crippen LogP) is 4.69. The van der Waals surface area contributed by atoms with Crippen LogP contribution in [0.5, 0.6) is 5.75 Å². The fourth-order valence-corrected chi connectivity index (χ4v) is 2.61. The van der Waals surface area contributed by atoms with Gasteiger partial charge in [0, 0.05) is 5.41 Å². The molecule has 2 N–H and O–H groups in total. The van der Waals surface area contributed by atoms with E-state index in [0.29, 0.717) is 6.61 Å². The van der Waals surface area contributed by atoms with Crippen LogP contribution in [-0.2, 0) is 5.41 Å². The smallest absolute Gasteiger partial charge is 0.119 e. The second-order valence-electron chi connectivity index (χ2n) is 7.16. The summed E-state index contributed by atoms with van der Waals surface area (Å²) >= 11 is 0. The van der Waals surface area contributed by atoms with Gasteiger partial charge in [0.2, 0.25) is 0 Å². The van der Waals surface area contributed by atoms with E-state index in [1.54, 1.807) is 12.2 Å². The Labute approximate surface area is 145 Å². The van der Waals surface area contributed by atoms with Crippen LogP contribution in [0.1, 0.15) is 39.7 Å². The molecule has 0 saturated carbocycles. The second-order valence-corrected chi connectivity index (χ2v) is 7.16. The Morgan fingerprint density at radius 3 is 2.42 bits per heavy atom. The van der Waals surface area contributed by atoms with E-state index in [4.69, 9.17) is 4.74 Å². The maximum Gasteiger partial charge on any atom is 0.119 e. The molecule has 0 aromatic heterocycles. The van der Waals surface area contributed by atoms with Crippen molar-refractivity contribution in [3.05, 3.63) is 65.5 Å². The van der Waals surface area contributed by atoms with E-state index in [9.17, 15) is 10.2 Å². The van der Waals surface area contributed by atoms with E-state index in [0.717, 1.165) is 12.2 Å². The highest BCUT2D eigenvalue weighted by molar-refractivity contribution is 5.41. The van der Waals surface area contributed by atoms with Crippen LogP contribution in [0.4, 0.5) is 0 Å². The quantitative estimate of drug-likeness (QED) is 0.796. The predicted molar refractivity (Wildman–Crippen MR) is 98.4 cm³/mol. The van der Waals surface area contributed by atoms with Crippen LogP contribution < -0.4 is 4.74 Å². The van der Waals surface area contributed by atoms with Gasteiger partial charge in [-0.2, -0.15) is 0 Å². The third kappa shape index (κ3) is 4.51. The minimum Gasteiger partial charge on any atom is -0.508 e. The van der Waals surface area contributed by atoms with Crippen molar-refractivity contribution in [3.8, 4) is 5.75 Å². The summed E-state index contributed by atoms with van der Waals surface area (Å²) in [5, 5.41) is 19.4. The minimum atomic E-state index is -0.455. The molecule has 0 amide bonds. The van der Waals surface area contributed by atoms with E-state index >= 15 is 0 Å². The lowest BCUT2D eigenvalue weighted by Gasteiger charge is -2.28. The van der Waals surface area contributed by atoms with Crippen LogP contribution in [0.3, 0.4) is 0 Å². The third-order valence-corrected chi connectivity index (χ3v) is 4.65. The first kappa shape index (κ1) is 18.3. The molecule has 0 saturated heterocycles. The number of hydrogen-bond donors (Lipinski definition) is 2. The number of benzene rings is 1. The van der Waals surface area contributed by atoms with E-state index in [1.165, 1.54) is 11.1 Å². The van der Waals surface area contributed by atoms with Crippen LogP contribution in [-0.4, -0.2) is 22.9 Å². The second kappa shape index (κ2) is 7.71. The van der Waals surface area contributed by atoms with E-state index in [2.05, 4.69) is 26.0 Å². The average molecular weight is 328 g/mol. The zero-order valence-corrected chi connectivity index (χ0v) is 15.0. The van der Waals surface area contributed by atoms with Crippen molar-refractivity contribution < 1.29 is 14.9 Å². The molecular formula is C21H28O3. The van der Waals surface area contributed by atoms with Gasteiger partial charge in [0.15, 0.2) is 0 Å². The Kier molecular flexibility index (Phi) is 5.89. The summed E-state index contributed by atoms with van der Waals surface area (Å²) in [6.45, 7) is 8.62. The summed E-state index contributed by atoms with van der Waals surface area (Å²) in [6.07, 6.45) is 7.81. The number of ether oxygens (including phenoxy) is 1. The first-order valence-corrected chi connectivity index (χ1v) is 8.49. The molecule has 0 fully saturated rings. The first-order valence-electron chi connectivity index (χ1n) is 8.49. The zero-order valence-electron chi connectivity index (χ0n) is 15.0. The summed E-state index contributed by atoms with van der Waals surface area (Å²) in [5.41, 5.74) is 2.29. The fraction of sp³-hybridized carbons (Fsp3) is 0.429. The molecule has 1 aliphatic rings. The highest BCUT2D eigenvalue weighted by Crippen LogP contribution is 2.35. The van der Waals surface area contributed by atoms with Gasteiger partial charge in [-0.3, -0.25) is 0 Å². The standard InChI is InChI=1S/C21H28O3/c1-15(2)20(23)14-24-19-12-9-17(10-13-19)21(3,4)16-6-5-7-18(22)11-8-16/h5,7-13,15,20,22-23H,6,14H2,1-4H3. The van der Waals surface area contributed by atoms with E-state index < -0.39 is 6.10 Å². The Balaban J connectivity index is 2.10. The summed E-state index contributed by atoms with van der Waals surface area (Å²) in [5.74, 6) is 1.23. The van der Waals surface area contributed by atoms with Crippen molar-refractivity contribution in [3.63, 3.8) is 0 Å². The molecule has 1 aromatic rings. The molecule has 3 heteroatoms. The Morgan fingerprint density at radius 1 is 1.12 bits per heavy atom. The lowest BCUT2D eigenvalue weighted by molar-refractivity contribution is 0.0701. The van der Waals surface area contributed by atoms with Gasteiger partial charge in [-0.25, -0.2) is 0 Å². The maximum absolute atomic E-state index is 9.83. The van der Waals surface area contributed by atoms with E-state index in [-0.39, 0.29) is 17.1 Å². The van der Waals surface area contributed by atoms with Crippen LogP contribution in [0.2, 0.25) is 0 Å². The molecular weight excluding hydrogens is 300 g/mol. The zero-order chi connectivity index (χ0) is 17.7. The molecule has 1 aliphatic carbocycles. The number of rotatable bonds is 6. The van der Waals surface area contributed by atoms with Crippen molar-refractivity contribution in [2.45, 2.75) is 45.6 Å². The lowest BCUT2D eigenvalue weighted by Crippen LogP contribution is -2.23. The summed E-state index contributed by atoms with van der Waals surface area (Å²) in [7, 11) is 0. The van der Waals surface area contributed by atoms with Gasteiger partial charge >= 0.3 is 0 Å². The summed E-state index contributed by atoms with van der Waals surface area (Å²) < 4.78 is 5.66. The normalized spacial score (nSPS) is 16.4. The Hall–Kier alpha value is -2.00. The molecule has 1 unspecified atom stereocenters. The number of aliphatic hydroxyl groups excluding tert-OH is 2. The van der Waals surface area contributed by atoms with Crippen LogP contribution in [0.25, 0.3) is 0 Å². The number of allylic oxidation sites excluding steroid dienone is 5. The molecule has 3 nitrogen and oxygen atoms in total. The molecule has 1 aromatic carbocycles. The van der Waals surface area contributed by atoms with Gasteiger partial charge in [0.1, 0.15) is 18.1 Å². The molecule has 0 spiro atoms. The van der Waals surface area contributed by atoms with Gasteiger partial charge in [0.25, 0.3) is 0 Å². The Bertz CT molecular complexity index is 634. The SMILES string of the molecule is CC(C)C(O)COc1ccc(C(C)(C)C2=CC=C(O)C=CC2)cc1. The third-order valence-electron chi connectivity index (χ3n) is 4.65. The molecule has 2 rings (SSSR count). The number of hydrogen-bond acceptors (Lipinski definition) is 3. The molecule has 130 valence electrons. The largest absolute Gasteiger partial charge is 0.508 e. The van der Waals surface area contributed by atoms with Gasteiger partial charge in [-0.05, 0) is 42.2 Å². The molecule has 0 aliphatic heterocycles. The van der Waals surface area contributed by atoms with Gasteiger partial charge in [0.05, 0.1) is 6.10 Å². The summed E-state index contributed by atoms with van der Waals surface area (Å²) in [4.78, 5) is 0. The van der Waals surface area contributed by atoms with Crippen molar-refractivity contribution in [1.82, 2.24) is 0 Å². The highest BCUT2D eigenvalue weighted by Gasteiger charge is 2.25. The molecule has 0 heterocycles. The first-order chi connectivity index (χ1) is 11.3. The Morgan fingerprint density at radius 2 is 1.79 bits per heavy atom. The highest BCUT2D eigenvalue weighted by atomic mass is 16.5. The van der Waals surface area contributed by atoms with Gasteiger partial charge in [-0.15, -0.1) is 0 Å². The molecule has 1 atom stereocenters. The lowest BCUT2D eigenvalue weighted by atomic mass is 9.76.